The molecule has 24 heavy (non-hydrogen) atoms. The van der Waals surface area contributed by atoms with E-state index in [-0.39, 0.29) is 17.8 Å². The maximum absolute atomic E-state index is 12.9. The summed E-state index contributed by atoms with van der Waals surface area (Å²) in [6.45, 7) is 2.43. The molecule has 0 spiro atoms. The molecule has 0 saturated heterocycles. The molecular formula is C18H21FN3O2+. The van der Waals surface area contributed by atoms with Crippen molar-refractivity contribution in [1.82, 2.24) is 0 Å². The third-order valence-corrected chi connectivity index (χ3v) is 3.97. The van der Waals surface area contributed by atoms with Crippen molar-refractivity contribution in [2.24, 2.45) is 5.73 Å². The van der Waals surface area contributed by atoms with Crippen LogP contribution in [-0.2, 0) is 11.3 Å². The van der Waals surface area contributed by atoms with Gasteiger partial charge in [0, 0.05) is 16.8 Å². The Balaban J connectivity index is 1.95. The standard InChI is InChI=1S/C18H20FN3O2/c1-12(22(2)11-13-3-7-15(19)8-4-13)18(24)21-16-9-5-14(6-10-16)17(20)23/h3-10,12H,11H2,1-2H3,(H2,20,23)(H,21,24)/p+1/t12-/m1/s1. The van der Waals surface area contributed by atoms with Gasteiger partial charge in [-0.2, -0.15) is 0 Å². The maximum Gasteiger partial charge on any atom is 0.282 e. The molecule has 4 N–H and O–H groups in total. The van der Waals surface area contributed by atoms with Crippen LogP contribution in [0.3, 0.4) is 0 Å². The lowest BCUT2D eigenvalue weighted by molar-refractivity contribution is -0.907. The van der Waals surface area contributed by atoms with E-state index in [1.165, 1.54) is 12.1 Å². The first kappa shape index (κ1) is 17.6. The number of carbonyl (C=O) groups is 2. The van der Waals surface area contributed by atoms with E-state index in [1.807, 2.05) is 14.0 Å². The van der Waals surface area contributed by atoms with Gasteiger partial charge in [-0.15, -0.1) is 0 Å². The summed E-state index contributed by atoms with van der Waals surface area (Å²) in [7, 11) is 1.91. The van der Waals surface area contributed by atoms with Crippen LogP contribution < -0.4 is 16.0 Å². The lowest BCUT2D eigenvalue weighted by Crippen LogP contribution is -3.12. The first-order chi connectivity index (χ1) is 11.4. The Morgan fingerprint density at radius 3 is 2.25 bits per heavy atom. The number of anilines is 1. The minimum Gasteiger partial charge on any atom is -0.366 e. The van der Waals surface area contributed by atoms with Crippen LogP contribution in [0.2, 0.25) is 0 Å². The molecule has 2 rings (SSSR count). The number of benzene rings is 2. The van der Waals surface area contributed by atoms with Gasteiger partial charge in [0.25, 0.3) is 5.91 Å². The van der Waals surface area contributed by atoms with E-state index < -0.39 is 5.91 Å². The van der Waals surface area contributed by atoms with Crippen LogP contribution in [0.4, 0.5) is 10.1 Å². The number of likely N-dealkylation sites (N-methyl/N-ethyl adjacent to an activating group) is 1. The second-order valence-electron chi connectivity index (χ2n) is 5.80. The topological polar surface area (TPSA) is 76.6 Å². The summed E-state index contributed by atoms with van der Waals surface area (Å²) >= 11 is 0. The predicted molar refractivity (Wildman–Crippen MR) is 90.0 cm³/mol. The van der Waals surface area contributed by atoms with E-state index in [0.717, 1.165) is 10.5 Å². The van der Waals surface area contributed by atoms with Crippen molar-refractivity contribution in [3.63, 3.8) is 0 Å². The van der Waals surface area contributed by atoms with E-state index >= 15 is 0 Å². The van der Waals surface area contributed by atoms with Crippen LogP contribution in [0.1, 0.15) is 22.8 Å². The van der Waals surface area contributed by atoms with Gasteiger partial charge >= 0.3 is 0 Å². The van der Waals surface area contributed by atoms with Gasteiger partial charge in [0.1, 0.15) is 12.4 Å². The van der Waals surface area contributed by atoms with Crippen molar-refractivity contribution >= 4 is 17.5 Å². The Hall–Kier alpha value is -2.73. The van der Waals surface area contributed by atoms with E-state index in [9.17, 15) is 14.0 Å². The molecule has 2 atom stereocenters. The highest BCUT2D eigenvalue weighted by Crippen LogP contribution is 2.09. The number of quaternary nitrogens is 1. The number of hydrogen-bond donors (Lipinski definition) is 3. The number of hydrogen-bond acceptors (Lipinski definition) is 2. The molecule has 0 saturated carbocycles. The van der Waals surface area contributed by atoms with Crippen molar-refractivity contribution in [2.45, 2.75) is 19.5 Å². The molecule has 2 aromatic carbocycles. The molecule has 2 amide bonds. The van der Waals surface area contributed by atoms with Crippen LogP contribution in [0.5, 0.6) is 0 Å². The van der Waals surface area contributed by atoms with Crippen molar-refractivity contribution in [3.8, 4) is 0 Å². The summed E-state index contributed by atoms with van der Waals surface area (Å²) in [5.41, 5.74) is 7.13. The largest absolute Gasteiger partial charge is 0.366 e. The molecule has 126 valence electrons. The number of rotatable bonds is 6. The van der Waals surface area contributed by atoms with Crippen LogP contribution in [-0.4, -0.2) is 24.9 Å². The quantitative estimate of drug-likeness (QED) is 0.738. The van der Waals surface area contributed by atoms with E-state index in [1.54, 1.807) is 36.4 Å². The average Bonchev–Trinajstić information content (AvgIpc) is 2.56. The number of carbonyl (C=O) groups excluding carboxylic acids is 2. The molecule has 0 bridgehead atoms. The predicted octanol–water partition coefficient (Wildman–Crippen LogP) is 0.966. The molecule has 0 aromatic heterocycles. The zero-order valence-corrected chi connectivity index (χ0v) is 13.7. The third-order valence-electron chi connectivity index (χ3n) is 3.97. The second-order valence-corrected chi connectivity index (χ2v) is 5.80. The fraction of sp³-hybridized carbons (Fsp3) is 0.222. The van der Waals surface area contributed by atoms with Gasteiger partial charge in [-0.05, 0) is 43.3 Å². The molecule has 0 aliphatic rings. The molecule has 1 unspecified atom stereocenters. The summed E-state index contributed by atoms with van der Waals surface area (Å²) in [4.78, 5) is 24.3. The number of primary amides is 1. The molecule has 0 fully saturated rings. The highest BCUT2D eigenvalue weighted by Gasteiger charge is 2.22. The first-order valence-corrected chi connectivity index (χ1v) is 7.64. The number of nitrogens with one attached hydrogen (secondary N) is 2. The molecule has 5 nitrogen and oxygen atoms in total. The van der Waals surface area contributed by atoms with Gasteiger partial charge in [0.2, 0.25) is 5.91 Å². The van der Waals surface area contributed by atoms with Crippen LogP contribution >= 0.6 is 0 Å². The zero-order valence-electron chi connectivity index (χ0n) is 13.7. The number of nitrogens with two attached hydrogens (primary N) is 1. The third kappa shape index (κ3) is 4.63. The molecule has 0 radical (unpaired) electrons. The Kier molecular flexibility index (Phi) is 5.65. The van der Waals surface area contributed by atoms with Crippen molar-refractivity contribution in [2.75, 3.05) is 12.4 Å². The number of halogens is 1. The molecular weight excluding hydrogens is 309 g/mol. The zero-order chi connectivity index (χ0) is 17.7. The second kappa shape index (κ2) is 7.70. The Morgan fingerprint density at radius 2 is 1.71 bits per heavy atom. The van der Waals surface area contributed by atoms with Crippen molar-refractivity contribution in [3.05, 3.63) is 65.5 Å². The van der Waals surface area contributed by atoms with E-state index in [2.05, 4.69) is 5.32 Å². The van der Waals surface area contributed by atoms with Crippen LogP contribution in [0, 0.1) is 5.82 Å². The van der Waals surface area contributed by atoms with Gasteiger partial charge in [-0.1, -0.05) is 12.1 Å². The van der Waals surface area contributed by atoms with E-state index in [0.29, 0.717) is 17.8 Å². The van der Waals surface area contributed by atoms with Crippen molar-refractivity contribution in [1.29, 1.82) is 0 Å². The first-order valence-electron chi connectivity index (χ1n) is 7.64. The highest BCUT2D eigenvalue weighted by atomic mass is 19.1. The summed E-state index contributed by atoms with van der Waals surface area (Å²) in [6.07, 6.45) is 0. The fourth-order valence-electron chi connectivity index (χ4n) is 2.27. The van der Waals surface area contributed by atoms with Crippen LogP contribution in [0.25, 0.3) is 0 Å². The summed E-state index contributed by atoms with van der Waals surface area (Å²) < 4.78 is 12.9. The highest BCUT2D eigenvalue weighted by molar-refractivity contribution is 5.95. The fourth-order valence-corrected chi connectivity index (χ4v) is 2.27. The SMILES string of the molecule is C[C@H](C(=O)Nc1ccc(C(N)=O)cc1)[NH+](C)Cc1ccc(F)cc1. The number of amides is 2. The van der Waals surface area contributed by atoms with Gasteiger partial charge < -0.3 is 16.0 Å². The van der Waals surface area contributed by atoms with Gasteiger partial charge in [-0.25, -0.2) is 4.39 Å². The average molecular weight is 330 g/mol. The normalized spacial score (nSPS) is 13.1. The molecule has 0 heterocycles. The lowest BCUT2D eigenvalue weighted by atomic mass is 10.1. The summed E-state index contributed by atoms with van der Waals surface area (Å²) in [5.74, 6) is -0.923. The smallest absolute Gasteiger partial charge is 0.282 e. The minimum absolute atomic E-state index is 0.138. The van der Waals surface area contributed by atoms with E-state index in [4.69, 9.17) is 5.73 Å². The van der Waals surface area contributed by atoms with Gasteiger partial charge in [0.05, 0.1) is 7.05 Å². The van der Waals surface area contributed by atoms with Gasteiger partial charge in [-0.3, -0.25) is 9.59 Å². The molecule has 0 aliphatic heterocycles. The Morgan fingerprint density at radius 1 is 1.12 bits per heavy atom. The maximum atomic E-state index is 12.9. The Bertz CT molecular complexity index is 714. The van der Waals surface area contributed by atoms with Crippen molar-refractivity contribution < 1.29 is 18.9 Å². The Labute approximate surface area is 140 Å². The summed E-state index contributed by atoms with van der Waals surface area (Å²) in [6, 6.07) is 12.4. The van der Waals surface area contributed by atoms with Crippen LogP contribution in [0.15, 0.2) is 48.5 Å². The molecule has 2 aromatic rings. The van der Waals surface area contributed by atoms with Gasteiger partial charge in [0.15, 0.2) is 6.04 Å². The summed E-state index contributed by atoms with van der Waals surface area (Å²) in [5, 5.41) is 2.81. The monoisotopic (exact) mass is 330 g/mol. The minimum atomic E-state index is -0.510. The molecule has 0 aliphatic carbocycles. The molecule has 6 heteroatoms. The lowest BCUT2D eigenvalue weighted by Gasteiger charge is -2.21.